The molecule has 21 heavy (non-hydrogen) atoms. The van der Waals surface area contributed by atoms with Crippen LogP contribution < -0.4 is 0 Å². The van der Waals surface area contributed by atoms with Crippen LogP contribution in [0.5, 0.6) is 0 Å². The van der Waals surface area contributed by atoms with Gasteiger partial charge in [-0.3, -0.25) is 9.59 Å². The van der Waals surface area contributed by atoms with E-state index in [-0.39, 0.29) is 12.5 Å². The van der Waals surface area contributed by atoms with E-state index in [1.54, 1.807) is 0 Å². The van der Waals surface area contributed by atoms with Crippen molar-refractivity contribution in [1.82, 2.24) is 4.90 Å². The first-order chi connectivity index (χ1) is 10.1. The lowest BCUT2D eigenvalue weighted by atomic mass is 9.81. The molecular weight excluding hydrogens is 270 g/mol. The Bertz CT molecular complexity index is 368. The standard InChI is InChI=1S/C16H27NO4/c18-12-6-13-4-10-17(11-5-13)14(19)3-9-16(15(20)21)7-1-2-8-16/h13,18H,1-12H2,(H,20,21). The lowest BCUT2D eigenvalue weighted by Gasteiger charge is -2.33. The number of aliphatic hydroxyl groups is 1. The normalized spacial score (nSPS) is 22.4. The highest BCUT2D eigenvalue weighted by Gasteiger charge is 2.41. The molecule has 5 nitrogen and oxygen atoms in total. The van der Waals surface area contributed by atoms with Gasteiger partial charge in [-0.1, -0.05) is 12.8 Å². The Morgan fingerprint density at radius 2 is 1.76 bits per heavy atom. The molecular formula is C16H27NO4. The first-order valence-electron chi connectivity index (χ1n) is 8.19. The SMILES string of the molecule is O=C(CCC1(C(=O)O)CCCC1)N1CCC(CCO)CC1. The van der Waals surface area contributed by atoms with E-state index in [4.69, 9.17) is 5.11 Å². The molecule has 1 aliphatic carbocycles. The number of amides is 1. The van der Waals surface area contributed by atoms with Crippen LogP contribution >= 0.6 is 0 Å². The lowest BCUT2D eigenvalue weighted by Crippen LogP contribution is -2.39. The van der Waals surface area contributed by atoms with Crippen LogP contribution in [0.3, 0.4) is 0 Å². The van der Waals surface area contributed by atoms with Crippen molar-refractivity contribution in [3.8, 4) is 0 Å². The van der Waals surface area contributed by atoms with Crippen molar-refractivity contribution >= 4 is 11.9 Å². The number of aliphatic carboxylic acids is 1. The molecule has 2 N–H and O–H groups in total. The Morgan fingerprint density at radius 3 is 2.29 bits per heavy atom. The van der Waals surface area contributed by atoms with Crippen LogP contribution in [0.1, 0.15) is 57.8 Å². The second-order valence-electron chi connectivity index (χ2n) is 6.63. The van der Waals surface area contributed by atoms with E-state index in [9.17, 15) is 14.7 Å². The largest absolute Gasteiger partial charge is 0.481 e. The summed E-state index contributed by atoms with van der Waals surface area (Å²) in [6.45, 7) is 1.73. The Labute approximate surface area is 126 Å². The number of hydrogen-bond donors (Lipinski definition) is 2. The highest BCUT2D eigenvalue weighted by atomic mass is 16.4. The third-order valence-corrected chi connectivity index (χ3v) is 5.34. The molecule has 1 saturated carbocycles. The topological polar surface area (TPSA) is 77.8 Å². The van der Waals surface area contributed by atoms with Crippen molar-refractivity contribution in [2.45, 2.75) is 57.8 Å². The Kier molecular flexibility index (Phi) is 5.62. The molecule has 1 aliphatic heterocycles. The predicted molar refractivity (Wildman–Crippen MR) is 78.8 cm³/mol. The molecule has 5 heteroatoms. The maximum atomic E-state index is 12.3. The van der Waals surface area contributed by atoms with E-state index >= 15 is 0 Å². The van der Waals surface area contributed by atoms with Crippen molar-refractivity contribution in [1.29, 1.82) is 0 Å². The van der Waals surface area contributed by atoms with E-state index in [0.29, 0.717) is 31.6 Å². The van der Waals surface area contributed by atoms with Crippen LogP contribution in [0.2, 0.25) is 0 Å². The zero-order chi connectivity index (χ0) is 15.3. The number of carboxylic acid groups (broad SMARTS) is 1. The molecule has 1 saturated heterocycles. The van der Waals surface area contributed by atoms with Crippen LogP contribution in [-0.4, -0.2) is 46.7 Å². The maximum Gasteiger partial charge on any atom is 0.309 e. The van der Waals surface area contributed by atoms with Gasteiger partial charge in [-0.25, -0.2) is 0 Å². The monoisotopic (exact) mass is 297 g/mol. The van der Waals surface area contributed by atoms with E-state index < -0.39 is 11.4 Å². The molecule has 2 aliphatic rings. The minimum absolute atomic E-state index is 0.102. The van der Waals surface area contributed by atoms with Crippen LogP contribution in [0.25, 0.3) is 0 Å². The molecule has 120 valence electrons. The van der Waals surface area contributed by atoms with E-state index in [1.807, 2.05) is 4.90 Å². The third-order valence-electron chi connectivity index (χ3n) is 5.34. The molecule has 0 aromatic heterocycles. The van der Waals surface area contributed by atoms with Crippen molar-refractivity contribution in [3.05, 3.63) is 0 Å². The molecule has 0 aromatic carbocycles. The number of rotatable bonds is 6. The average molecular weight is 297 g/mol. The smallest absolute Gasteiger partial charge is 0.309 e. The van der Waals surface area contributed by atoms with Gasteiger partial charge in [-0.15, -0.1) is 0 Å². The summed E-state index contributed by atoms with van der Waals surface area (Å²) in [6, 6.07) is 0. The summed E-state index contributed by atoms with van der Waals surface area (Å²) >= 11 is 0. The fourth-order valence-electron chi connectivity index (χ4n) is 3.78. The number of piperidine rings is 1. The Balaban J connectivity index is 1.78. The molecule has 0 aromatic rings. The third kappa shape index (κ3) is 3.96. The van der Waals surface area contributed by atoms with Crippen LogP contribution in [0.4, 0.5) is 0 Å². The maximum absolute atomic E-state index is 12.3. The summed E-state index contributed by atoms with van der Waals surface area (Å²) in [6.07, 6.45) is 6.94. The van der Waals surface area contributed by atoms with Gasteiger partial charge in [0.15, 0.2) is 0 Å². The number of nitrogens with zero attached hydrogens (tertiary/aromatic N) is 1. The van der Waals surface area contributed by atoms with E-state index in [0.717, 1.165) is 45.2 Å². The lowest BCUT2D eigenvalue weighted by molar-refractivity contribution is -0.149. The minimum Gasteiger partial charge on any atom is -0.481 e. The van der Waals surface area contributed by atoms with Gasteiger partial charge in [0.2, 0.25) is 5.91 Å². The van der Waals surface area contributed by atoms with Gasteiger partial charge in [-0.05, 0) is 44.4 Å². The van der Waals surface area contributed by atoms with E-state index in [2.05, 4.69) is 0 Å². The van der Waals surface area contributed by atoms with Gasteiger partial charge in [0.25, 0.3) is 0 Å². The molecule has 0 atom stereocenters. The van der Waals surface area contributed by atoms with Crippen molar-refractivity contribution < 1.29 is 19.8 Å². The fraction of sp³-hybridized carbons (Fsp3) is 0.875. The first-order valence-corrected chi connectivity index (χ1v) is 8.19. The molecule has 1 heterocycles. The fourth-order valence-corrected chi connectivity index (χ4v) is 3.78. The highest BCUT2D eigenvalue weighted by molar-refractivity contribution is 5.79. The summed E-state index contributed by atoms with van der Waals surface area (Å²) in [5.41, 5.74) is -0.648. The summed E-state index contributed by atoms with van der Waals surface area (Å²) < 4.78 is 0. The minimum atomic E-state index is -0.727. The molecule has 2 rings (SSSR count). The number of aliphatic hydroxyl groups excluding tert-OH is 1. The predicted octanol–water partition coefficient (Wildman–Crippen LogP) is 2.03. The second kappa shape index (κ2) is 7.25. The number of carbonyl (C=O) groups excluding carboxylic acids is 1. The first kappa shape index (κ1) is 16.3. The quantitative estimate of drug-likeness (QED) is 0.786. The second-order valence-corrected chi connectivity index (χ2v) is 6.63. The molecule has 0 radical (unpaired) electrons. The molecule has 2 fully saturated rings. The Hall–Kier alpha value is -1.10. The molecule has 0 bridgehead atoms. The summed E-state index contributed by atoms with van der Waals surface area (Å²) in [7, 11) is 0. The van der Waals surface area contributed by atoms with Gasteiger partial charge in [0.05, 0.1) is 5.41 Å². The van der Waals surface area contributed by atoms with Crippen molar-refractivity contribution in [2.75, 3.05) is 19.7 Å². The average Bonchev–Trinajstić information content (AvgIpc) is 2.96. The van der Waals surface area contributed by atoms with Crippen LogP contribution in [0, 0.1) is 11.3 Å². The molecule has 1 amide bonds. The summed E-state index contributed by atoms with van der Waals surface area (Å²) in [5.74, 6) is -0.0985. The van der Waals surface area contributed by atoms with Crippen molar-refractivity contribution in [3.63, 3.8) is 0 Å². The van der Waals surface area contributed by atoms with Crippen LogP contribution in [0.15, 0.2) is 0 Å². The number of carboxylic acids is 1. The van der Waals surface area contributed by atoms with Gasteiger partial charge < -0.3 is 15.1 Å². The van der Waals surface area contributed by atoms with Gasteiger partial charge >= 0.3 is 5.97 Å². The highest BCUT2D eigenvalue weighted by Crippen LogP contribution is 2.42. The number of likely N-dealkylation sites (tertiary alicyclic amines) is 1. The zero-order valence-corrected chi connectivity index (χ0v) is 12.7. The van der Waals surface area contributed by atoms with Gasteiger partial charge in [0, 0.05) is 26.1 Å². The summed E-state index contributed by atoms with van der Waals surface area (Å²) in [5, 5.41) is 18.4. The zero-order valence-electron chi connectivity index (χ0n) is 12.7. The number of hydrogen-bond acceptors (Lipinski definition) is 3. The van der Waals surface area contributed by atoms with Crippen LogP contribution in [-0.2, 0) is 9.59 Å². The summed E-state index contributed by atoms with van der Waals surface area (Å²) in [4.78, 5) is 25.6. The Morgan fingerprint density at radius 1 is 1.14 bits per heavy atom. The molecule has 0 spiro atoms. The number of carbonyl (C=O) groups is 2. The van der Waals surface area contributed by atoms with Gasteiger partial charge in [-0.2, -0.15) is 0 Å². The van der Waals surface area contributed by atoms with Gasteiger partial charge in [0.1, 0.15) is 0 Å². The van der Waals surface area contributed by atoms with Crippen molar-refractivity contribution in [2.24, 2.45) is 11.3 Å². The molecule has 0 unspecified atom stereocenters. The van der Waals surface area contributed by atoms with E-state index in [1.165, 1.54) is 0 Å².